The van der Waals surface area contributed by atoms with Crippen molar-refractivity contribution in [1.29, 1.82) is 0 Å². The molecule has 0 radical (unpaired) electrons. The Hall–Kier alpha value is -3.10. The molecular weight excluding hydrogens is 352 g/mol. The number of ether oxygens (including phenoxy) is 1. The third-order valence-corrected chi connectivity index (χ3v) is 4.71. The Morgan fingerprint density at radius 3 is 2.52 bits per heavy atom. The van der Waals surface area contributed by atoms with Crippen molar-refractivity contribution in [2.75, 3.05) is 26.7 Å². The van der Waals surface area contributed by atoms with Gasteiger partial charge in [0.25, 0.3) is 5.91 Å². The van der Waals surface area contributed by atoms with Crippen molar-refractivity contribution in [3.05, 3.63) is 29.8 Å². The number of carbonyl (C=O) groups is 4. The molecular formula is C18H22N4O5. The molecule has 0 aromatic heterocycles. The van der Waals surface area contributed by atoms with Crippen LogP contribution in [0.5, 0.6) is 5.75 Å². The second-order valence-electron chi connectivity index (χ2n) is 6.53. The molecule has 1 aromatic carbocycles. The fraction of sp³-hybridized carbons (Fsp3) is 0.444. The van der Waals surface area contributed by atoms with Crippen molar-refractivity contribution in [1.82, 2.24) is 20.4 Å². The van der Waals surface area contributed by atoms with Crippen LogP contribution in [0.15, 0.2) is 24.3 Å². The van der Waals surface area contributed by atoms with Crippen molar-refractivity contribution in [2.45, 2.75) is 25.4 Å². The van der Waals surface area contributed by atoms with E-state index in [-0.39, 0.29) is 31.2 Å². The van der Waals surface area contributed by atoms with E-state index in [4.69, 9.17) is 4.74 Å². The van der Waals surface area contributed by atoms with Crippen LogP contribution in [0.3, 0.4) is 0 Å². The Balaban J connectivity index is 1.47. The number of methoxy groups -OCH3 is 1. The van der Waals surface area contributed by atoms with Gasteiger partial charge in [-0.05, 0) is 24.1 Å². The summed E-state index contributed by atoms with van der Waals surface area (Å²) in [4.78, 5) is 50.5. The zero-order valence-electron chi connectivity index (χ0n) is 15.1. The van der Waals surface area contributed by atoms with Crippen molar-refractivity contribution < 1.29 is 23.9 Å². The molecule has 5 amide bonds. The minimum Gasteiger partial charge on any atom is -0.497 e. The number of rotatable bonds is 6. The van der Waals surface area contributed by atoms with Crippen LogP contribution in [0.4, 0.5) is 4.79 Å². The van der Waals surface area contributed by atoms with Gasteiger partial charge in [0, 0.05) is 26.1 Å². The first kappa shape index (κ1) is 18.7. The largest absolute Gasteiger partial charge is 0.497 e. The van der Waals surface area contributed by atoms with Gasteiger partial charge in [0.1, 0.15) is 11.8 Å². The maximum atomic E-state index is 12.4. The lowest BCUT2D eigenvalue weighted by Gasteiger charge is -2.34. The monoisotopic (exact) mass is 374 g/mol. The summed E-state index contributed by atoms with van der Waals surface area (Å²) < 4.78 is 5.12. The topological polar surface area (TPSA) is 108 Å². The Morgan fingerprint density at radius 2 is 1.93 bits per heavy atom. The summed E-state index contributed by atoms with van der Waals surface area (Å²) >= 11 is 0. The van der Waals surface area contributed by atoms with Crippen molar-refractivity contribution in [2.24, 2.45) is 0 Å². The average molecular weight is 374 g/mol. The van der Waals surface area contributed by atoms with Gasteiger partial charge in [-0.25, -0.2) is 4.79 Å². The number of hydrogen-bond acceptors (Lipinski definition) is 5. The highest BCUT2D eigenvalue weighted by molar-refractivity contribution is 6.04. The summed E-state index contributed by atoms with van der Waals surface area (Å²) in [5.74, 6) is 0.0274. The summed E-state index contributed by atoms with van der Waals surface area (Å²) in [6.45, 7) is 1.42. The molecule has 1 atom stereocenters. The van der Waals surface area contributed by atoms with Gasteiger partial charge >= 0.3 is 6.03 Å². The number of hydrogen-bond donors (Lipinski definition) is 2. The first-order chi connectivity index (χ1) is 13.0. The van der Waals surface area contributed by atoms with Crippen LogP contribution in [-0.2, 0) is 20.9 Å². The van der Waals surface area contributed by atoms with Gasteiger partial charge in [-0.15, -0.1) is 0 Å². The molecule has 2 aliphatic heterocycles. The highest BCUT2D eigenvalue weighted by Crippen LogP contribution is 2.15. The zero-order valence-corrected chi connectivity index (χ0v) is 15.1. The van der Waals surface area contributed by atoms with Crippen LogP contribution in [-0.4, -0.2) is 66.3 Å². The predicted molar refractivity (Wildman–Crippen MR) is 94.7 cm³/mol. The Bertz CT molecular complexity index is 749. The van der Waals surface area contributed by atoms with Crippen LogP contribution in [0.2, 0.25) is 0 Å². The fourth-order valence-corrected chi connectivity index (χ4v) is 3.13. The summed E-state index contributed by atoms with van der Waals surface area (Å²) in [6.07, 6.45) is 0.320. The molecule has 144 valence electrons. The molecule has 0 saturated carbocycles. The molecule has 2 saturated heterocycles. The predicted octanol–water partition coefficient (Wildman–Crippen LogP) is -0.146. The van der Waals surface area contributed by atoms with Crippen LogP contribution in [0.25, 0.3) is 0 Å². The van der Waals surface area contributed by atoms with Gasteiger partial charge < -0.3 is 19.9 Å². The molecule has 2 aliphatic rings. The van der Waals surface area contributed by atoms with Gasteiger partial charge in [0.15, 0.2) is 0 Å². The smallest absolute Gasteiger partial charge is 0.322 e. The van der Waals surface area contributed by atoms with E-state index in [0.29, 0.717) is 19.6 Å². The SMILES string of the molecule is COc1ccc(CN2CCN(C(=O)CC[C@H]3NC(=O)NC3=O)CC2=O)cc1. The molecule has 1 aromatic rings. The van der Waals surface area contributed by atoms with Gasteiger partial charge in [-0.2, -0.15) is 0 Å². The molecule has 0 bridgehead atoms. The summed E-state index contributed by atoms with van der Waals surface area (Å²) in [5.41, 5.74) is 0.993. The maximum absolute atomic E-state index is 12.4. The molecule has 2 N–H and O–H groups in total. The van der Waals surface area contributed by atoms with E-state index in [1.165, 1.54) is 4.90 Å². The molecule has 2 fully saturated rings. The highest BCUT2D eigenvalue weighted by atomic mass is 16.5. The molecule has 27 heavy (non-hydrogen) atoms. The average Bonchev–Trinajstić information content (AvgIpc) is 2.99. The minimum atomic E-state index is -0.687. The Morgan fingerprint density at radius 1 is 1.19 bits per heavy atom. The molecule has 9 heteroatoms. The lowest BCUT2D eigenvalue weighted by Crippen LogP contribution is -2.52. The molecule has 3 rings (SSSR count). The normalized spacial score (nSPS) is 19.7. The van der Waals surface area contributed by atoms with Crippen molar-refractivity contribution in [3.8, 4) is 5.75 Å². The molecule has 0 aliphatic carbocycles. The molecule has 0 unspecified atom stereocenters. The third kappa shape index (κ3) is 4.55. The number of nitrogens with one attached hydrogen (secondary N) is 2. The van der Waals surface area contributed by atoms with E-state index in [1.807, 2.05) is 24.3 Å². The molecule has 2 heterocycles. The molecule has 9 nitrogen and oxygen atoms in total. The van der Waals surface area contributed by atoms with Gasteiger partial charge in [0.05, 0.1) is 13.7 Å². The Labute approximate surface area is 156 Å². The van der Waals surface area contributed by atoms with E-state index < -0.39 is 18.0 Å². The number of nitrogens with zero attached hydrogens (tertiary/aromatic N) is 2. The van der Waals surface area contributed by atoms with Crippen LogP contribution >= 0.6 is 0 Å². The summed E-state index contributed by atoms with van der Waals surface area (Å²) in [6, 6.07) is 6.28. The maximum Gasteiger partial charge on any atom is 0.322 e. The summed E-state index contributed by atoms with van der Waals surface area (Å²) in [7, 11) is 1.60. The van der Waals surface area contributed by atoms with E-state index in [9.17, 15) is 19.2 Å². The number of carbonyl (C=O) groups excluding carboxylic acids is 4. The lowest BCUT2D eigenvalue weighted by molar-refractivity contribution is -0.145. The van der Waals surface area contributed by atoms with Crippen LogP contribution < -0.4 is 15.4 Å². The van der Waals surface area contributed by atoms with Gasteiger partial charge in [0.2, 0.25) is 11.8 Å². The van der Waals surface area contributed by atoms with Crippen LogP contribution in [0.1, 0.15) is 18.4 Å². The van der Waals surface area contributed by atoms with Crippen molar-refractivity contribution in [3.63, 3.8) is 0 Å². The van der Waals surface area contributed by atoms with E-state index in [0.717, 1.165) is 11.3 Å². The third-order valence-electron chi connectivity index (χ3n) is 4.71. The standard InChI is InChI=1S/C18H22N4O5/c1-27-13-4-2-12(3-5-13)10-21-8-9-22(11-16(21)24)15(23)7-6-14-17(25)20-18(26)19-14/h2-5,14H,6-11H2,1H3,(H2,19,20,25,26)/t14-/m1/s1. The number of amides is 5. The highest BCUT2D eigenvalue weighted by Gasteiger charge is 2.31. The fourth-order valence-electron chi connectivity index (χ4n) is 3.13. The molecule has 0 spiro atoms. The van der Waals surface area contributed by atoms with E-state index in [2.05, 4.69) is 10.6 Å². The van der Waals surface area contributed by atoms with E-state index in [1.54, 1.807) is 12.0 Å². The van der Waals surface area contributed by atoms with Crippen LogP contribution in [0, 0.1) is 0 Å². The Kier molecular flexibility index (Phi) is 5.58. The number of imide groups is 1. The first-order valence-corrected chi connectivity index (χ1v) is 8.76. The first-order valence-electron chi connectivity index (χ1n) is 8.76. The lowest BCUT2D eigenvalue weighted by atomic mass is 10.1. The number of benzene rings is 1. The van der Waals surface area contributed by atoms with E-state index >= 15 is 0 Å². The summed E-state index contributed by atoms with van der Waals surface area (Å²) in [5, 5.41) is 4.59. The minimum absolute atomic E-state index is 0.0260. The van der Waals surface area contributed by atoms with Gasteiger partial charge in [-0.1, -0.05) is 12.1 Å². The van der Waals surface area contributed by atoms with Crippen molar-refractivity contribution >= 4 is 23.8 Å². The quantitative estimate of drug-likeness (QED) is 0.674. The number of piperazine rings is 1. The second-order valence-corrected chi connectivity index (χ2v) is 6.53. The second kappa shape index (κ2) is 8.07. The number of urea groups is 1. The van der Waals surface area contributed by atoms with Gasteiger partial charge in [-0.3, -0.25) is 19.7 Å². The zero-order chi connectivity index (χ0) is 19.4.